The normalized spacial score (nSPS) is 16.4. The Bertz CT molecular complexity index is 935. The van der Waals surface area contributed by atoms with E-state index >= 15 is 0 Å². The molecular formula is C21H24N6O2. The van der Waals surface area contributed by atoms with E-state index in [9.17, 15) is 9.59 Å². The van der Waals surface area contributed by atoms with Crippen molar-refractivity contribution in [3.8, 4) is 0 Å². The summed E-state index contributed by atoms with van der Waals surface area (Å²) in [6, 6.07) is 16.0. The van der Waals surface area contributed by atoms with E-state index in [4.69, 9.17) is 5.73 Å². The molecule has 8 heteroatoms. The molecule has 0 fully saturated rings. The van der Waals surface area contributed by atoms with Gasteiger partial charge in [0.05, 0.1) is 6.42 Å². The van der Waals surface area contributed by atoms with E-state index in [1.165, 1.54) is 5.56 Å². The number of para-hydroxylation sites is 1. The van der Waals surface area contributed by atoms with Crippen LogP contribution in [0.3, 0.4) is 0 Å². The molecule has 1 aliphatic heterocycles. The van der Waals surface area contributed by atoms with Gasteiger partial charge in [0.15, 0.2) is 0 Å². The summed E-state index contributed by atoms with van der Waals surface area (Å²) in [6.07, 6.45) is -0.0806. The quantitative estimate of drug-likeness (QED) is 0.461. The molecule has 0 saturated heterocycles. The number of anilines is 2. The first kappa shape index (κ1) is 20.1. The largest absolute Gasteiger partial charge is 0.369 e. The highest BCUT2D eigenvalue weighted by Crippen LogP contribution is 2.17. The molecule has 2 aromatic rings. The van der Waals surface area contributed by atoms with Crippen LogP contribution in [0.25, 0.3) is 0 Å². The van der Waals surface area contributed by atoms with Gasteiger partial charge in [0, 0.05) is 11.4 Å². The monoisotopic (exact) mass is 392 g/mol. The molecule has 29 heavy (non-hydrogen) atoms. The maximum atomic E-state index is 12.3. The fourth-order valence-corrected chi connectivity index (χ4v) is 2.78. The van der Waals surface area contributed by atoms with E-state index < -0.39 is 6.04 Å². The van der Waals surface area contributed by atoms with Gasteiger partial charge in [-0.05, 0) is 35.7 Å². The molecule has 150 valence electrons. The summed E-state index contributed by atoms with van der Waals surface area (Å²) in [5, 5.41) is 8.22. The third-order valence-corrected chi connectivity index (χ3v) is 4.33. The van der Waals surface area contributed by atoms with Gasteiger partial charge in [0.25, 0.3) is 5.91 Å². The summed E-state index contributed by atoms with van der Waals surface area (Å²) in [5.74, 6) is -0.104. The van der Waals surface area contributed by atoms with Crippen LogP contribution in [-0.2, 0) is 9.59 Å². The van der Waals surface area contributed by atoms with Gasteiger partial charge in [0.2, 0.25) is 17.8 Å². The van der Waals surface area contributed by atoms with E-state index in [1.54, 1.807) is 0 Å². The standard InChI is InChI=1S/C21H24N6O2/c1-13(2)14-8-10-16(11-9-14)23-18(28)12-17-19(29)26-21(25-17)27-20(22)24-15-6-4-3-5-7-15/h3-11,13,17H,12H2,1-2H3,(H,23,28)(H4,22,24,25,26,27,29)/t17-/m1/s1. The number of amides is 2. The van der Waals surface area contributed by atoms with Gasteiger partial charge in [0.1, 0.15) is 6.04 Å². The van der Waals surface area contributed by atoms with Gasteiger partial charge in [-0.3, -0.25) is 14.9 Å². The van der Waals surface area contributed by atoms with Crippen LogP contribution in [0, 0.1) is 0 Å². The molecule has 0 unspecified atom stereocenters. The third-order valence-electron chi connectivity index (χ3n) is 4.33. The summed E-state index contributed by atoms with van der Waals surface area (Å²) in [5.41, 5.74) is 8.47. The molecule has 0 aliphatic carbocycles. The van der Waals surface area contributed by atoms with Crippen molar-refractivity contribution in [2.24, 2.45) is 15.7 Å². The molecule has 5 N–H and O–H groups in total. The average molecular weight is 392 g/mol. The maximum absolute atomic E-state index is 12.3. The number of rotatable bonds is 5. The molecule has 3 rings (SSSR count). The topological polar surface area (TPSA) is 121 Å². The second kappa shape index (κ2) is 9.01. The zero-order valence-corrected chi connectivity index (χ0v) is 16.3. The van der Waals surface area contributed by atoms with Crippen molar-refractivity contribution in [2.75, 3.05) is 10.6 Å². The van der Waals surface area contributed by atoms with E-state index in [0.717, 1.165) is 5.69 Å². The summed E-state index contributed by atoms with van der Waals surface area (Å²) in [4.78, 5) is 32.6. The summed E-state index contributed by atoms with van der Waals surface area (Å²) in [7, 11) is 0. The van der Waals surface area contributed by atoms with Crippen LogP contribution >= 0.6 is 0 Å². The van der Waals surface area contributed by atoms with E-state index in [2.05, 4.69) is 39.8 Å². The van der Waals surface area contributed by atoms with Crippen LogP contribution in [0.2, 0.25) is 0 Å². The van der Waals surface area contributed by atoms with Crippen molar-refractivity contribution >= 4 is 35.1 Å². The molecule has 2 amide bonds. The third kappa shape index (κ3) is 5.65. The lowest BCUT2D eigenvalue weighted by molar-refractivity contribution is -0.123. The number of carbonyl (C=O) groups is 2. The summed E-state index contributed by atoms with van der Waals surface area (Å²) in [6.45, 7) is 4.21. The Morgan fingerprint density at radius 2 is 1.76 bits per heavy atom. The minimum atomic E-state index is -0.840. The number of hydrogen-bond acceptors (Lipinski definition) is 4. The highest BCUT2D eigenvalue weighted by molar-refractivity contribution is 6.11. The highest BCUT2D eigenvalue weighted by atomic mass is 16.2. The lowest BCUT2D eigenvalue weighted by Crippen LogP contribution is -2.32. The summed E-state index contributed by atoms with van der Waals surface area (Å²) < 4.78 is 0. The molecule has 0 saturated carbocycles. The Morgan fingerprint density at radius 3 is 2.41 bits per heavy atom. The smallest absolute Gasteiger partial charge is 0.252 e. The van der Waals surface area contributed by atoms with Crippen molar-refractivity contribution in [2.45, 2.75) is 32.2 Å². The summed E-state index contributed by atoms with van der Waals surface area (Å²) >= 11 is 0. The highest BCUT2D eigenvalue weighted by Gasteiger charge is 2.28. The predicted molar refractivity (Wildman–Crippen MR) is 115 cm³/mol. The minimum absolute atomic E-state index is 0.0787. The van der Waals surface area contributed by atoms with Crippen molar-refractivity contribution in [1.29, 1.82) is 0 Å². The van der Waals surface area contributed by atoms with Crippen LogP contribution in [0.15, 0.2) is 64.6 Å². The second-order valence-electron chi connectivity index (χ2n) is 6.97. The van der Waals surface area contributed by atoms with Gasteiger partial charge in [-0.1, -0.05) is 44.2 Å². The molecule has 2 aromatic carbocycles. The molecule has 0 radical (unpaired) electrons. The van der Waals surface area contributed by atoms with Gasteiger partial charge in [-0.15, -0.1) is 0 Å². The molecule has 1 heterocycles. The lowest BCUT2D eigenvalue weighted by atomic mass is 10.0. The minimum Gasteiger partial charge on any atom is -0.369 e. The van der Waals surface area contributed by atoms with Gasteiger partial charge in [-0.25, -0.2) is 4.99 Å². The van der Waals surface area contributed by atoms with Crippen LogP contribution < -0.4 is 21.7 Å². The molecule has 8 nitrogen and oxygen atoms in total. The number of guanidine groups is 2. The van der Waals surface area contributed by atoms with Crippen LogP contribution in [-0.4, -0.2) is 29.8 Å². The first-order valence-electron chi connectivity index (χ1n) is 9.35. The number of nitrogens with zero attached hydrogens (tertiary/aromatic N) is 2. The maximum Gasteiger partial charge on any atom is 0.252 e. The Hall–Kier alpha value is -3.68. The fourth-order valence-electron chi connectivity index (χ4n) is 2.78. The zero-order valence-electron chi connectivity index (χ0n) is 16.3. The van der Waals surface area contributed by atoms with Crippen LogP contribution in [0.4, 0.5) is 11.4 Å². The van der Waals surface area contributed by atoms with Crippen molar-refractivity contribution < 1.29 is 9.59 Å². The molecule has 1 aliphatic rings. The molecular weight excluding hydrogens is 368 g/mol. The number of nitrogens with one attached hydrogen (secondary N) is 3. The first-order chi connectivity index (χ1) is 13.9. The fraction of sp³-hybridized carbons (Fsp3) is 0.238. The molecule has 1 atom stereocenters. The molecule has 0 bridgehead atoms. The Kier molecular flexibility index (Phi) is 6.23. The number of aliphatic imine (C=N–C) groups is 2. The number of carbonyl (C=O) groups excluding carboxylic acids is 2. The van der Waals surface area contributed by atoms with E-state index in [1.807, 2.05) is 54.6 Å². The first-order valence-corrected chi connectivity index (χ1v) is 9.35. The number of benzene rings is 2. The lowest BCUT2D eigenvalue weighted by Gasteiger charge is -2.09. The SMILES string of the molecule is CC(C)c1ccc(NC(=O)C[C@H]2N=C(N=C(N)Nc3ccccc3)NC2=O)cc1. The van der Waals surface area contributed by atoms with Crippen LogP contribution in [0.1, 0.15) is 31.7 Å². The van der Waals surface area contributed by atoms with Gasteiger partial charge < -0.3 is 16.4 Å². The van der Waals surface area contributed by atoms with Crippen LogP contribution in [0.5, 0.6) is 0 Å². The van der Waals surface area contributed by atoms with Crippen molar-refractivity contribution in [3.63, 3.8) is 0 Å². The molecule has 0 aromatic heterocycles. The zero-order chi connectivity index (χ0) is 20.8. The predicted octanol–water partition coefficient (Wildman–Crippen LogP) is 2.42. The second-order valence-corrected chi connectivity index (χ2v) is 6.97. The van der Waals surface area contributed by atoms with Crippen molar-refractivity contribution in [1.82, 2.24) is 5.32 Å². The van der Waals surface area contributed by atoms with Gasteiger partial charge in [-0.2, -0.15) is 4.99 Å². The Labute approximate surface area is 169 Å². The number of hydrogen-bond donors (Lipinski definition) is 4. The van der Waals surface area contributed by atoms with E-state index in [-0.39, 0.29) is 30.2 Å². The van der Waals surface area contributed by atoms with Crippen molar-refractivity contribution in [3.05, 3.63) is 60.2 Å². The Morgan fingerprint density at radius 1 is 1.10 bits per heavy atom. The molecule has 0 spiro atoms. The average Bonchev–Trinajstić information content (AvgIpc) is 3.01. The van der Waals surface area contributed by atoms with Gasteiger partial charge >= 0.3 is 0 Å². The van der Waals surface area contributed by atoms with E-state index in [0.29, 0.717) is 11.6 Å². The Balaban J connectivity index is 1.57. The number of nitrogens with two attached hydrogens (primary N) is 1.